The highest BCUT2D eigenvalue weighted by Crippen LogP contribution is 2.32. The van der Waals surface area contributed by atoms with Crippen molar-refractivity contribution < 1.29 is 9.13 Å². The Hall–Kier alpha value is -2.22. The van der Waals surface area contributed by atoms with E-state index in [2.05, 4.69) is 31.2 Å². The molecule has 3 aromatic rings. The topological polar surface area (TPSA) is 44.0 Å². The van der Waals surface area contributed by atoms with Crippen LogP contribution in [0.4, 0.5) is 4.39 Å². The lowest BCUT2D eigenvalue weighted by molar-refractivity contribution is 0.250. The average Bonchev–Trinajstić information content (AvgIpc) is 2.96. The van der Waals surface area contributed by atoms with Gasteiger partial charge in [0.1, 0.15) is 18.2 Å². The van der Waals surface area contributed by atoms with E-state index in [1.165, 1.54) is 12.1 Å². The number of rotatable bonds is 7. The maximum atomic E-state index is 13.3. The van der Waals surface area contributed by atoms with E-state index in [1.807, 2.05) is 29.8 Å². The van der Waals surface area contributed by atoms with Crippen molar-refractivity contribution >= 4 is 23.8 Å². The maximum absolute atomic E-state index is 13.3. The Morgan fingerprint density at radius 2 is 1.83 bits per heavy atom. The largest absolute Gasteiger partial charge is 0.484 e. The average molecular weight is 449 g/mol. The standard InChI is InChI=1S/C22H26ClFN4OS/c1-22(2,3)20(15-9-11-16(24)12-10-15)25-14-28-21(30)27(4)19(26-28)13-29-18-8-6-5-7-17(18)23/h5-12,20,25H,13-14H2,1-4H3. The first-order chi connectivity index (χ1) is 14.2. The first kappa shape index (κ1) is 22.5. The number of ether oxygens (including phenoxy) is 1. The summed E-state index contributed by atoms with van der Waals surface area (Å²) < 4.78 is 23.3. The summed E-state index contributed by atoms with van der Waals surface area (Å²) in [7, 11) is 1.86. The van der Waals surface area contributed by atoms with Gasteiger partial charge in [0.15, 0.2) is 10.6 Å². The summed E-state index contributed by atoms with van der Waals surface area (Å²) in [6.07, 6.45) is 0. The zero-order valence-electron chi connectivity index (χ0n) is 17.5. The van der Waals surface area contributed by atoms with Crippen molar-refractivity contribution in [2.75, 3.05) is 0 Å². The van der Waals surface area contributed by atoms with Crippen molar-refractivity contribution in [3.05, 3.63) is 75.5 Å². The van der Waals surface area contributed by atoms with Crippen molar-refractivity contribution in [1.29, 1.82) is 0 Å². The third-order valence-electron chi connectivity index (χ3n) is 4.84. The minimum absolute atomic E-state index is 0.00942. The van der Waals surface area contributed by atoms with E-state index in [1.54, 1.807) is 22.9 Å². The highest BCUT2D eigenvalue weighted by Gasteiger charge is 2.26. The molecule has 0 fully saturated rings. The second kappa shape index (κ2) is 9.29. The van der Waals surface area contributed by atoms with E-state index in [-0.39, 0.29) is 23.9 Å². The van der Waals surface area contributed by atoms with Crippen molar-refractivity contribution in [3.8, 4) is 5.75 Å². The Labute approximate surface area is 186 Å². The van der Waals surface area contributed by atoms with Gasteiger partial charge >= 0.3 is 0 Å². The Balaban J connectivity index is 1.74. The van der Waals surface area contributed by atoms with Crippen molar-refractivity contribution in [1.82, 2.24) is 19.7 Å². The molecular formula is C22H26ClFN4OS. The predicted molar refractivity (Wildman–Crippen MR) is 120 cm³/mol. The molecule has 1 N–H and O–H groups in total. The Morgan fingerprint density at radius 1 is 1.17 bits per heavy atom. The molecule has 0 spiro atoms. The number of aromatic nitrogens is 3. The van der Waals surface area contributed by atoms with Crippen molar-refractivity contribution in [2.24, 2.45) is 12.5 Å². The normalized spacial score (nSPS) is 12.7. The van der Waals surface area contributed by atoms with E-state index in [9.17, 15) is 4.39 Å². The molecule has 0 aliphatic rings. The Kier molecular flexibility index (Phi) is 6.95. The van der Waals surface area contributed by atoms with Crippen LogP contribution in [0.5, 0.6) is 5.75 Å². The molecule has 0 amide bonds. The van der Waals surface area contributed by atoms with Crippen LogP contribution in [-0.4, -0.2) is 14.3 Å². The highest BCUT2D eigenvalue weighted by atomic mass is 35.5. The van der Waals surface area contributed by atoms with Crippen LogP contribution in [0.3, 0.4) is 0 Å². The lowest BCUT2D eigenvalue weighted by atomic mass is 9.82. The zero-order valence-corrected chi connectivity index (χ0v) is 19.1. The van der Waals surface area contributed by atoms with Gasteiger partial charge in [0, 0.05) is 13.1 Å². The molecule has 2 aromatic carbocycles. The summed E-state index contributed by atoms with van der Waals surface area (Å²) in [6.45, 7) is 7.06. The molecule has 30 heavy (non-hydrogen) atoms. The van der Waals surface area contributed by atoms with E-state index < -0.39 is 0 Å². The van der Waals surface area contributed by atoms with E-state index >= 15 is 0 Å². The molecule has 1 aromatic heterocycles. The molecule has 0 saturated carbocycles. The molecule has 160 valence electrons. The Morgan fingerprint density at radius 3 is 2.47 bits per heavy atom. The number of hydrogen-bond donors (Lipinski definition) is 1. The SMILES string of the molecule is Cn1c(COc2ccccc2Cl)nn(CNC(c2ccc(F)cc2)C(C)(C)C)c1=S. The smallest absolute Gasteiger partial charge is 0.198 e. The zero-order chi connectivity index (χ0) is 21.9. The fraction of sp³-hybridized carbons (Fsp3) is 0.364. The molecule has 0 aliphatic heterocycles. The molecular weight excluding hydrogens is 423 g/mol. The van der Waals surface area contributed by atoms with Gasteiger partial charge < -0.3 is 9.30 Å². The molecule has 1 unspecified atom stereocenters. The van der Waals surface area contributed by atoms with Crippen LogP contribution >= 0.6 is 23.8 Å². The summed E-state index contributed by atoms with van der Waals surface area (Å²) in [5, 5.41) is 8.66. The van der Waals surface area contributed by atoms with Crippen LogP contribution in [0, 0.1) is 16.0 Å². The fourth-order valence-corrected chi connectivity index (χ4v) is 3.62. The predicted octanol–water partition coefficient (Wildman–Crippen LogP) is 5.66. The summed E-state index contributed by atoms with van der Waals surface area (Å²) >= 11 is 11.7. The van der Waals surface area contributed by atoms with Gasteiger partial charge in [0.2, 0.25) is 0 Å². The maximum Gasteiger partial charge on any atom is 0.198 e. The number of halogens is 2. The van der Waals surface area contributed by atoms with Gasteiger partial charge in [-0.05, 0) is 47.5 Å². The second-order valence-corrected chi connectivity index (χ2v) is 8.96. The highest BCUT2D eigenvalue weighted by molar-refractivity contribution is 7.71. The van der Waals surface area contributed by atoms with Gasteiger partial charge in [0.05, 0.1) is 11.7 Å². The molecule has 3 rings (SSSR count). The lowest BCUT2D eigenvalue weighted by Gasteiger charge is -2.32. The fourth-order valence-electron chi connectivity index (χ4n) is 3.22. The van der Waals surface area contributed by atoms with Crippen LogP contribution in [0.2, 0.25) is 5.02 Å². The summed E-state index contributed by atoms with van der Waals surface area (Å²) in [6, 6.07) is 13.9. The Bertz CT molecular complexity index is 1060. The van der Waals surface area contributed by atoms with E-state index in [0.717, 1.165) is 5.56 Å². The van der Waals surface area contributed by atoms with Crippen LogP contribution in [0.25, 0.3) is 0 Å². The van der Waals surface area contributed by atoms with Crippen LogP contribution in [0.15, 0.2) is 48.5 Å². The first-order valence-corrected chi connectivity index (χ1v) is 10.4. The number of hydrogen-bond acceptors (Lipinski definition) is 4. The summed E-state index contributed by atoms with van der Waals surface area (Å²) in [5.41, 5.74) is 0.916. The van der Waals surface area contributed by atoms with Gasteiger partial charge in [-0.3, -0.25) is 5.32 Å². The van der Waals surface area contributed by atoms with Crippen molar-refractivity contribution in [2.45, 2.75) is 40.1 Å². The number of para-hydroxylation sites is 1. The van der Waals surface area contributed by atoms with Gasteiger partial charge in [-0.1, -0.05) is 56.6 Å². The van der Waals surface area contributed by atoms with Crippen LogP contribution < -0.4 is 10.1 Å². The quantitative estimate of drug-likeness (QED) is 0.474. The van der Waals surface area contributed by atoms with Crippen LogP contribution in [0.1, 0.15) is 38.2 Å². The van der Waals surface area contributed by atoms with Crippen molar-refractivity contribution in [3.63, 3.8) is 0 Å². The molecule has 0 radical (unpaired) electrons. The number of nitrogens with zero attached hydrogens (tertiary/aromatic N) is 3. The van der Waals surface area contributed by atoms with Crippen LogP contribution in [-0.2, 0) is 20.3 Å². The molecule has 5 nitrogen and oxygen atoms in total. The van der Waals surface area contributed by atoms with E-state index in [4.69, 9.17) is 28.6 Å². The summed E-state index contributed by atoms with van der Waals surface area (Å²) in [5.74, 6) is 1.04. The van der Waals surface area contributed by atoms with E-state index in [0.29, 0.717) is 28.0 Å². The molecule has 1 atom stereocenters. The van der Waals surface area contributed by atoms with Gasteiger partial charge in [-0.2, -0.15) is 5.10 Å². The molecule has 1 heterocycles. The number of nitrogens with one attached hydrogen (secondary N) is 1. The number of benzene rings is 2. The summed E-state index contributed by atoms with van der Waals surface area (Å²) in [4.78, 5) is 0. The van der Waals surface area contributed by atoms with Gasteiger partial charge in [0.25, 0.3) is 0 Å². The first-order valence-electron chi connectivity index (χ1n) is 9.65. The molecule has 8 heteroatoms. The molecule has 0 saturated heterocycles. The van der Waals surface area contributed by atoms with Gasteiger partial charge in [-0.15, -0.1) is 0 Å². The molecule has 0 bridgehead atoms. The molecule has 0 aliphatic carbocycles. The monoisotopic (exact) mass is 448 g/mol. The second-order valence-electron chi connectivity index (χ2n) is 8.19. The minimum atomic E-state index is -0.249. The van der Waals surface area contributed by atoms with Gasteiger partial charge in [-0.25, -0.2) is 9.07 Å². The third-order valence-corrected chi connectivity index (χ3v) is 5.64. The minimum Gasteiger partial charge on any atom is -0.484 e. The third kappa shape index (κ3) is 5.28. The lowest BCUT2D eigenvalue weighted by Crippen LogP contribution is -2.34.